The van der Waals surface area contributed by atoms with Crippen LogP contribution in [0.2, 0.25) is 0 Å². The summed E-state index contributed by atoms with van der Waals surface area (Å²) in [4.78, 5) is 0. The number of rotatable bonds is 4. The van der Waals surface area contributed by atoms with Crippen molar-refractivity contribution >= 4 is 26.7 Å². The molecule has 0 saturated carbocycles. The van der Waals surface area contributed by atoms with Gasteiger partial charge in [-0.3, -0.25) is 0 Å². The third-order valence-corrected chi connectivity index (χ3v) is 4.44. The van der Waals surface area contributed by atoms with Crippen LogP contribution in [-0.2, 0) is 10.3 Å². The molecule has 1 nitrogen and oxygen atoms in total. The predicted octanol–water partition coefficient (Wildman–Crippen LogP) is 5.65. The molecule has 0 aliphatic rings. The molecule has 0 aliphatic heterocycles. The molecule has 0 bridgehead atoms. The molecule has 2 heteroatoms. The van der Waals surface area contributed by atoms with Gasteiger partial charge in [0.15, 0.2) is 0 Å². The predicted molar refractivity (Wildman–Crippen MR) is 85.5 cm³/mol. The number of benzene rings is 2. The van der Waals surface area contributed by atoms with Gasteiger partial charge >= 0.3 is 0 Å². The van der Waals surface area contributed by atoms with E-state index in [1.165, 1.54) is 16.3 Å². The van der Waals surface area contributed by atoms with Crippen molar-refractivity contribution in [3.05, 3.63) is 46.4 Å². The zero-order valence-corrected chi connectivity index (χ0v) is 13.6. The smallest absolute Gasteiger partial charge is 0.0889 e. The summed E-state index contributed by atoms with van der Waals surface area (Å²) < 4.78 is 7.31. The van der Waals surface area contributed by atoms with E-state index in [9.17, 15) is 0 Å². The van der Waals surface area contributed by atoms with E-state index in [1.807, 2.05) is 0 Å². The van der Waals surface area contributed by atoms with E-state index in [1.54, 1.807) is 0 Å². The molecular formula is C17H21BrO. The lowest BCUT2D eigenvalue weighted by molar-refractivity contribution is -0.0695. The van der Waals surface area contributed by atoms with E-state index in [4.69, 9.17) is 4.74 Å². The monoisotopic (exact) mass is 320 g/mol. The molecular weight excluding hydrogens is 300 g/mol. The van der Waals surface area contributed by atoms with Gasteiger partial charge in [-0.05, 0) is 59.5 Å². The minimum atomic E-state index is -0.293. The first kappa shape index (κ1) is 14.5. The SMILES string of the molecule is CCC(C)OC(C)(C)c1ccc2ccccc2c1Br. The lowest BCUT2D eigenvalue weighted by Gasteiger charge is -2.30. The maximum Gasteiger partial charge on any atom is 0.0889 e. The summed E-state index contributed by atoms with van der Waals surface area (Å²) in [6.45, 7) is 8.54. The van der Waals surface area contributed by atoms with Crippen LogP contribution in [-0.4, -0.2) is 6.10 Å². The van der Waals surface area contributed by atoms with E-state index in [2.05, 4.69) is 80.0 Å². The van der Waals surface area contributed by atoms with Crippen LogP contribution in [0.4, 0.5) is 0 Å². The van der Waals surface area contributed by atoms with E-state index >= 15 is 0 Å². The van der Waals surface area contributed by atoms with Crippen LogP contribution >= 0.6 is 15.9 Å². The second-order valence-corrected chi connectivity index (χ2v) is 6.29. The maximum absolute atomic E-state index is 6.17. The highest BCUT2D eigenvalue weighted by atomic mass is 79.9. The summed E-state index contributed by atoms with van der Waals surface area (Å²) >= 11 is 3.75. The van der Waals surface area contributed by atoms with Gasteiger partial charge in [-0.25, -0.2) is 0 Å². The third kappa shape index (κ3) is 3.01. The van der Waals surface area contributed by atoms with Crippen molar-refractivity contribution in [2.75, 3.05) is 0 Å². The Hall–Kier alpha value is -0.860. The Morgan fingerprint density at radius 3 is 2.53 bits per heavy atom. The van der Waals surface area contributed by atoms with Crippen LogP contribution in [0.3, 0.4) is 0 Å². The molecule has 0 aliphatic carbocycles. The molecule has 2 rings (SSSR count). The van der Waals surface area contributed by atoms with Crippen LogP contribution in [0.1, 0.15) is 39.7 Å². The minimum absolute atomic E-state index is 0.258. The molecule has 0 fully saturated rings. The van der Waals surface area contributed by atoms with Crippen LogP contribution in [0.15, 0.2) is 40.9 Å². The van der Waals surface area contributed by atoms with Crippen LogP contribution in [0.25, 0.3) is 10.8 Å². The Balaban J connectivity index is 2.47. The lowest BCUT2D eigenvalue weighted by atomic mass is 9.95. The Morgan fingerprint density at radius 2 is 1.84 bits per heavy atom. The molecule has 1 unspecified atom stereocenters. The normalized spacial score (nSPS) is 13.7. The van der Waals surface area contributed by atoms with Crippen LogP contribution < -0.4 is 0 Å². The Labute approximate surface area is 124 Å². The van der Waals surface area contributed by atoms with Gasteiger partial charge in [-0.1, -0.05) is 43.3 Å². The Kier molecular flexibility index (Phi) is 4.32. The highest BCUT2D eigenvalue weighted by Crippen LogP contribution is 2.37. The van der Waals surface area contributed by atoms with Crippen molar-refractivity contribution in [2.24, 2.45) is 0 Å². The van der Waals surface area contributed by atoms with Gasteiger partial charge in [0.05, 0.1) is 11.7 Å². The first-order valence-electron chi connectivity index (χ1n) is 6.81. The van der Waals surface area contributed by atoms with Crippen molar-refractivity contribution in [1.82, 2.24) is 0 Å². The fourth-order valence-electron chi connectivity index (χ4n) is 2.35. The van der Waals surface area contributed by atoms with Crippen molar-refractivity contribution in [2.45, 2.75) is 45.8 Å². The summed E-state index contributed by atoms with van der Waals surface area (Å²) in [6.07, 6.45) is 1.28. The molecule has 0 aromatic heterocycles. The molecule has 102 valence electrons. The molecule has 0 spiro atoms. The molecule has 19 heavy (non-hydrogen) atoms. The van der Waals surface area contributed by atoms with Gasteiger partial charge in [0.1, 0.15) is 0 Å². The number of ether oxygens (including phenoxy) is 1. The topological polar surface area (TPSA) is 9.23 Å². The zero-order valence-electron chi connectivity index (χ0n) is 12.0. The molecule has 2 aromatic carbocycles. The fraction of sp³-hybridized carbons (Fsp3) is 0.412. The standard InChI is InChI=1S/C17H21BrO/c1-5-12(2)19-17(3,4)15-11-10-13-8-6-7-9-14(13)16(15)18/h6-12H,5H2,1-4H3. The average Bonchev–Trinajstić information content (AvgIpc) is 2.38. The summed E-state index contributed by atoms with van der Waals surface area (Å²) in [5.41, 5.74) is 0.907. The largest absolute Gasteiger partial charge is 0.368 e. The molecule has 1 atom stereocenters. The molecule has 0 radical (unpaired) electrons. The van der Waals surface area contributed by atoms with Gasteiger partial charge in [0.2, 0.25) is 0 Å². The fourth-order valence-corrected chi connectivity index (χ4v) is 3.32. The molecule has 2 aromatic rings. The Bertz CT molecular complexity index is 574. The second-order valence-electron chi connectivity index (χ2n) is 5.50. The third-order valence-electron chi connectivity index (χ3n) is 3.58. The minimum Gasteiger partial charge on any atom is -0.368 e. The zero-order chi connectivity index (χ0) is 14.0. The average molecular weight is 321 g/mol. The number of halogens is 1. The van der Waals surface area contributed by atoms with Crippen LogP contribution in [0, 0.1) is 0 Å². The highest BCUT2D eigenvalue weighted by molar-refractivity contribution is 9.10. The van der Waals surface area contributed by atoms with Gasteiger partial charge in [0, 0.05) is 4.47 Å². The van der Waals surface area contributed by atoms with Crippen molar-refractivity contribution in [3.63, 3.8) is 0 Å². The number of fused-ring (bicyclic) bond motifs is 1. The highest BCUT2D eigenvalue weighted by Gasteiger charge is 2.26. The first-order valence-corrected chi connectivity index (χ1v) is 7.60. The van der Waals surface area contributed by atoms with E-state index < -0.39 is 0 Å². The molecule has 0 amide bonds. The number of hydrogen-bond donors (Lipinski definition) is 0. The van der Waals surface area contributed by atoms with E-state index in [0.29, 0.717) is 0 Å². The van der Waals surface area contributed by atoms with Gasteiger partial charge < -0.3 is 4.74 Å². The molecule has 0 saturated heterocycles. The summed E-state index contributed by atoms with van der Waals surface area (Å²) in [5.74, 6) is 0. The second kappa shape index (κ2) is 5.64. The van der Waals surface area contributed by atoms with Crippen molar-refractivity contribution in [1.29, 1.82) is 0 Å². The van der Waals surface area contributed by atoms with Crippen LogP contribution in [0.5, 0.6) is 0 Å². The first-order chi connectivity index (χ1) is 8.95. The quantitative estimate of drug-likeness (QED) is 0.707. The molecule has 0 heterocycles. The van der Waals surface area contributed by atoms with Crippen molar-refractivity contribution < 1.29 is 4.74 Å². The summed E-state index contributed by atoms with van der Waals surface area (Å²) in [5, 5.41) is 2.48. The molecule has 0 N–H and O–H groups in total. The summed E-state index contributed by atoms with van der Waals surface area (Å²) in [6, 6.07) is 12.7. The van der Waals surface area contributed by atoms with E-state index in [-0.39, 0.29) is 11.7 Å². The number of hydrogen-bond acceptors (Lipinski definition) is 1. The maximum atomic E-state index is 6.17. The van der Waals surface area contributed by atoms with E-state index in [0.717, 1.165) is 10.9 Å². The summed E-state index contributed by atoms with van der Waals surface area (Å²) in [7, 11) is 0. The van der Waals surface area contributed by atoms with Gasteiger partial charge in [-0.15, -0.1) is 0 Å². The Morgan fingerprint density at radius 1 is 1.16 bits per heavy atom. The van der Waals surface area contributed by atoms with Crippen molar-refractivity contribution in [3.8, 4) is 0 Å². The lowest BCUT2D eigenvalue weighted by Crippen LogP contribution is -2.27. The van der Waals surface area contributed by atoms with Gasteiger partial charge in [0.25, 0.3) is 0 Å². The van der Waals surface area contributed by atoms with Gasteiger partial charge in [-0.2, -0.15) is 0 Å².